The molecular weight excluding hydrogens is 366 g/mol. The number of sulfone groups is 1. The molecule has 0 fully saturated rings. The van der Waals surface area contributed by atoms with Crippen LogP contribution in [0.5, 0.6) is 0 Å². The monoisotopic (exact) mass is 389 g/mol. The van der Waals surface area contributed by atoms with Crippen LogP contribution < -0.4 is 5.32 Å². The SMILES string of the molecule is CCc1ccc(C(=O)NCC(C)(C(=O)O)c2ccccc2)cc1S(C)(=O)=O. The molecule has 0 aliphatic carbocycles. The maximum absolute atomic E-state index is 12.5. The topological polar surface area (TPSA) is 101 Å². The van der Waals surface area contributed by atoms with Crippen LogP contribution in [0.3, 0.4) is 0 Å². The molecule has 1 amide bonds. The molecule has 1 unspecified atom stereocenters. The Morgan fingerprint density at radius 2 is 1.74 bits per heavy atom. The van der Waals surface area contributed by atoms with Gasteiger partial charge in [0.25, 0.3) is 5.91 Å². The summed E-state index contributed by atoms with van der Waals surface area (Å²) in [6.45, 7) is 3.24. The highest BCUT2D eigenvalue weighted by atomic mass is 32.2. The summed E-state index contributed by atoms with van der Waals surface area (Å²) in [6.07, 6.45) is 1.62. The number of carboxylic acid groups (broad SMARTS) is 1. The minimum absolute atomic E-state index is 0.113. The molecule has 144 valence electrons. The number of rotatable bonds is 7. The maximum Gasteiger partial charge on any atom is 0.315 e. The van der Waals surface area contributed by atoms with Gasteiger partial charge in [-0.15, -0.1) is 0 Å². The molecule has 0 saturated carbocycles. The molecule has 0 aromatic heterocycles. The van der Waals surface area contributed by atoms with Gasteiger partial charge in [0.05, 0.1) is 4.90 Å². The van der Waals surface area contributed by atoms with E-state index in [1.54, 1.807) is 42.5 Å². The van der Waals surface area contributed by atoms with E-state index in [2.05, 4.69) is 5.32 Å². The number of benzene rings is 2. The highest BCUT2D eigenvalue weighted by molar-refractivity contribution is 7.90. The van der Waals surface area contributed by atoms with E-state index in [9.17, 15) is 23.1 Å². The second kappa shape index (κ2) is 7.92. The van der Waals surface area contributed by atoms with E-state index in [4.69, 9.17) is 0 Å². The van der Waals surface area contributed by atoms with Gasteiger partial charge in [-0.2, -0.15) is 0 Å². The van der Waals surface area contributed by atoms with Gasteiger partial charge >= 0.3 is 5.97 Å². The van der Waals surface area contributed by atoms with Crippen LogP contribution in [-0.2, 0) is 26.5 Å². The third-order valence-electron chi connectivity index (χ3n) is 4.60. The quantitative estimate of drug-likeness (QED) is 0.757. The molecule has 0 radical (unpaired) electrons. The van der Waals surface area contributed by atoms with Gasteiger partial charge < -0.3 is 10.4 Å². The smallest absolute Gasteiger partial charge is 0.315 e. The third kappa shape index (κ3) is 4.54. The summed E-state index contributed by atoms with van der Waals surface area (Å²) in [5, 5.41) is 12.3. The summed E-state index contributed by atoms with van der Waals surface area (Å²) in [6, 6.07) is 13.1. The van der Waals surface area contributed by atoms with E-state index in [1.807, 2.05) is 6.92 Å². The number of hydrogen-bond donors (Lipinski definition) is 2. The molecule has 0 heterocycles. The van der Waals surface area contributed by atoms with Gasteiger partial charge in [-0.3, -0.25) is 9.59 Å². The van der Waals surface area contributed by atoms with Crippen LogP contribution in [0.15, 0.2) is 53.4 Å². The number of aliphatic carboxylic acids is 1. The summed E-state index contributed by atoms with van der Waals surface area (Å²) in [7, 11) is -3.48. The first-order valence-electron chi connectivity index (χ1n) is 8.49. The van der Waals surface area contributed by atoms with Crippen molar-refractivity contribution in [3.05, 3.63) is 65.2 Å². The van der Waals surface area contributed by atoms with E-state index in [1.165, 1.54) is 13.0 Å². The van der Waals surface area contributed by atoms with Gasteiger partial charge in [0.15, 0.2) is 9.84 Å². The maximum atomic E-state index is 12.5. The summed E-state index contributed by atoms with van der Waals surface area (Å²) in [4.78, 5) is 24.4. The molecule has 1 atom stereocenters. The fourth-order valence-corrected chi connectivity index (χ4v) is 3.83. The first-order valence-corrected chi connectivity index (χ1v) is 10.4. The second-order valence-corrected chi connectivity index (χ2v) is 8.62. The predicted octanol–water partition coefficient (Wildman–Crippen LogP) is 2.42. The van der Waals surface area contributed by atoms with Crippen molar-refractivity contribution in [2.75, 3.05) is 12.8 Å². The normalized spacial score (nSPS) is 13.6. The second-order valence-electron chi connectivity index (χ2n) is 6.63. The van der Waals surface area contributed by atoms with Crippen molar-refractivity contribution < 1.29 is 23.1 Å². The van der Waals surface area contributed by atoms with E-state index in [0.717, 1.165) is 6.26 Å². The van der Waals surface area contributed by atoms with E-state index < -0.39 is 27.1 Å². The van der Waals surface area contributed by atoms with Crippen molar-refractivity contribution in [1.29, 1.82) is 0 Å². The van der Waals surface area contributed by atoms with Crippen LogP contribution in [0, 0.1) is 0 Å². The first-order chi connectivity index (χ1) is 12.6. The molecule has 2 rings (SSSR count). The summed E-state index contributed by atoms with van der Waals surface area (Å²) in [5.41, 5.74) is 0.0676. The Balaban J connectivity index is 2.28. The average molecular weight is 389 g/mol. The van der Waals surface area contributed by atoms with Crippen LogP contribution >= 0.6 is 0 Å². The van der Waals surface area contributed by atoms with E-state index >= 15 is 0 Å². The first kappa shape index (κ1) is 20.6. The van der Waals surface area contributed by atoms with Crippen LogP contribution in [0.1, 0.15) is 35.3 Å². The Labute approximate surface area is 159 Å². The minimum Gasteiger partial charge on any atom is -0.481 e. The van der Waals surface area contributed by atoms with Gasteiger partial charge in [-0.05, 0) is 36.6 Å². The van der Waals surface area contributed by atoms with Gasteiger partial charge in [-0.1, -0.05) is 43.3 Å². The predicted molar refractivity (Wildman–Crippen MR) is 103 cm³/mol. The Morgan fingerprint density at radius 1 is 1.11 bits per heavy atom. The van der Waals surface area contributed by atoms with Crippen molar-refractivity contribution >= 4 is 21.7 Å². The minimum atomic E-state index is -3.48. The lowest BCUT2D eigenvalue weighted by atomic mass is 9.82. The highest BCUT2D eigenvalue weighted by Gasteiger charge is 2.35. The van der Waals surface area contributed by atoms with Crippen LogP contribution in [0.25, 0.3) is 0 Å². The zero-order valence-electron chi connectivity index (χ0n) is 15.5. The molecule has 0 saturated heterocycles. The molecule has 0 bridgehead atoms. The molecular formula is C20H23NO5S. The number of amides is 1. The molecule has 2 aromatic rings. The van der Waals surface area contributed by atoms with Gasteiger partial charge in [0, 0.05) is 18.4 Å². The molecule has 7 heteroatoms. The lowest BCUT2D eigenvalue weighted by Gasteiger charge is -2.25. The Morgan fingerprint density at radius 3 is 2.26 bits per heavy atom. The number of nitrogens with one attached hydrogen (secondary N) is 1. The number of carbonyl (C=O) groups is 2. The van der Waals surface area contributed by atoms with Crippen LogP contribution in [0.2, 0.25) is 0 Å². The number of aryl methyl sites for hydroxylation is 1. The van der Waals surface area contributed by atoms with Gasteiger partial charge in [-0.25, -0.2) is 8.42 Å². The number of hydrogen-bond acceptors (Lipinski definition) is 4. The van der Waals surface area contributed by atoms with Crippen LogP contribution in [0.4, 0.5) is 0 Å². The molecule has 0 spiro atoms. The molecule has 2 aromatic carbocycles. The van der Waals surface area contributed by atoms with Crippen molar-refractivity contribution in [3.63, 3.8) is 0 Å². The average Bonchev–Trinajstić information content (AvgIpc) is 2.65. The zero-order valence-corrected chi connectivity index (χ0v) is 16.3. The lowest BCUT2D eigenvalue weighted by molar-refractivity contribution is -0.142. The Hall–Kier alpha value is -2.67. The van der Waals surface area contributed by atoms with E-state index in [-0.39, 0.29) is 17.0 Å². The summed E-state index contributed by atoms with van der Waals surface area (Å²) < 4.78 is 23.9. The van der Waals surface area contributed by atoms with Gasteiger partial charge in [0.1, 0.15) is 5.41 Å². The largest absolute Gasteiger partial charge is 0.481 e. The van der Waals surface area contributed by atoms with Crippen molar-refractivity contribution in [2.45, 2.75) is 30.6 Å². The molecule has 27 heavy (non-hydrogen) atoms. The van der Waals surface area contributed by atoms with Crippen LogP contribution in [-0.4, -0.2) is 38.2 Å². The number of carboxylic acids is 1. The third-order valence-corrected chi connectivity index (χ3v) is 5.77. The fraction of sp³-hybridized carbons (Fsp3) is 0.300. The zero-order chi connectivity index (χ0) is 20.2. The van der Waals surface area contributed by atoms with Crippen molar-refractivity contribution in [2.24, 2.45) is 0 Å². The standard InChI is InChI=1S/C20H23NO5S/c1-4-14-10-11-15(12-17(14)27(3,25)26)18(22)21-13-20(2,19(23)24)16-8-6-5-7-9-16/h5-12H,4,13H2,1-3H3,(H,21,22)(H,23,24). The van der Waals surface area contributed by atoms with E-state index in [0.29, 0.717) is 17.5 Å². The van der Waals surface area contributed by atoms with Gasteiger partial charge in [0.2, 0.25) is 0 Å². The molecule has 0 aliphatic heterocycles. The van der Waals surface area contributed by atoms with Crippen molar-refractivity contribution in [1.82, 2.24) is 5.32 Å². The fourth-order valence-electron chi connectivity index (χ4n) is 2.80. The lowest BCUT2D eigenvalue weighted by Crippen LogP contribution is -2.44. The molecule has 2 N–H and O–H groups in total. The van der Waals surface area contributed by atoms with Crippen molar-refractivity contribution in [3.8, 4) is 0 Å². The summed E-state index contributed by atoms with van der Waals surface area (Å²) in [5.74, 6) is -1.59. The highest BCUT2D eigenvalue weighted by Crippen LogP contribution is 2.24. The Bertz CT molecular complexity index is 954. The summed E-state index contributed by atoms with van der Waals surface area (Å²) >= 11 is 0. The molecule has 0 aliphatic rings. The molecule has 6 nitrogen and oxygen atoms in total. The number of carbonyl (C=O) groups excluding carboxylic acids is 1. The Kier molecular flexibility index (Phi) is 6.05.